The van der Waals surface area contributed by atoms with Crippen molar-refractivity contribution in [2.75, 3.05) is 19.6 Å². The van der Waals surface area contributed by atoms with Gasteiger partial charge in [-0.1, -0.05) is 6.92 Å². The van der Waals surface area contributed by atoms with Crippen molar-refractivity contribution in [3.63, 3.8) is 0 Å². The van der Waals surface area contributed by atoms with Crippen molar-refractivity contribution >= 4 is 29.9 Å². The Bertz CT molecular complexity index is 591. The number of fused-ring (bicyclic) bond motifs is 2. The molecular weight excluding hydrogens is 413 g/mol. The molecule has 0 spiro atoms. The second kappa shape index (κ2) is 5.02. The van der Waals surface area contributed by atoms with E-state index in [0.29, 0.717) is 30.3 Å². The third-order valence-corrected chi connectivity index (χ3v) is 8.99. The number of halogens is 1. The number of hydrogen-bond acceptors (Lipinski definition) is 2. The third kappa shape index (κ3) is 1.67. The minimum Gasteiger partial charge on any atom is -0.387 e. The molecule has 5 aliphatic carbocycles. The topological polar surface area (TPSA) is 61.8 Å². The average molecular weight is 443 g/mol. The fraction of sp³-hybridized carbons (Fsp3) is 0.947. The lowest BCUT2D eigenvalue weighted by Gasteiger charge is -2.51. The summed E-state index contributed by atoms with van der Waals surface area (Å²) in [5.41, 5.74) is 5.78. The van der Waals surface area contributed by atoms with Crippen molar-refractivity contribution < 1.29 is 5.11 Å². The summed E-state index contributed by atoms with van der Waals surface area (Å²) in [6.07, 6.45) is 5.35. The summed E-state index contributed by atoms with van der Waals surface area (Å²) in [5.74, 6) is 7.79. The smallest absolute Gasteiger partial charge is 0.191 e. The molecule has 0 aromatic heterocycles. The summed E-state index contributed by atoms with van der Waals surface area (Å²) in [6.45, 7) is 4.92. The van der Waals surface area contributed by atoms with Crippen molar-refractivity contribution in [1.82, 2.24) is 4.90 Å². The Morgan fingerprint density at radius 1 is 1.17 bits per heavy atom. The molecule has 0 amide bonds. The van der Waals surface area contributed by atoms with Crippen molar-refractivity contribution in [3.8, 4) is 0 Å². The maximum absolute atomic E-state index is 11.6. The van der Waals surface area contributed by atoms with Gasteiger partial charge in [-0.05, 0) is 78.9 Å². The lowest BCUT2D eigenvalue weighted by atomic mass is 9.56. The molecule has 134 valence electrons. The zero-order valence-electron chi connectivity index (χ0n) is 14.5. The molecule has 1 heterocycles. The first-order chi connectivity index (χ1) is 11.1. The van der Waals surface area contributed by atoms with Gasteiger partial charge in [0.15, 0.2) is 5.96 Å². The molecule has 0 radical (unpaired) electrons. The van der Waals surface area contributed by atoms with Crippen LogP contribution < -0.4 is 5.73 Å². The van der Waals surface area contributed by atoms with Gasteiger partial charge in [-0.3, -0.25) is 4.99 Å². The van der Waals surface area contributed by atoms with Crippen LogP contribution in [0.25, 0.3) is 0 Å². The van der Waals surface area contributed by atoms with Gasteiger partial charge in [0, 0.05) is 13.1 Å². The Balaban J connectivity index is 0.00000131. The molecule has 0 aromatic carbocycles. The molecule has 2 bridgehead atoms. The number of rotatable bonds is 2. The Hall–Kier alpha value is -0.0400. The monoisotopic (exact) mass is 443 g/mol. The number of piperidine rings is 1. The number of aliphatic hydroxyl groups is 1. The van der Waals surface area contributed by atoms with Gasteiger partial charge in [-0.15, -0.1) is 24.0 Å². The molecule has 6 aliphatic rings. The van der Waals surface area contributed by atoms with Gasteiger partial charge >= 0.3 is 0 Å². The fourth-order valence-corrected chi connectivity index (χ4v) is 8.64. The summed E-state index contributed by atoms with van der Waals surface area (Å²) in [4.78, 5) is 6.99. The number of likely N-dealkylation sites (tertiary alicyclic amines) is 1. The summed E-state index contributed by atoms with van der Waals surface area (Å²) in [6, 6.07) is 0. The Kier molecular flexibility index (Phi) is 3.38. The number of guanidine groups is 1. The molecule has 5 heteroatoms. The van der Waals surface area contributed by atoms with Gasteiger partial charge in [0.2, 0.25) is 0 Å². The molecule has 1 saturated heterocycles. The van der Waals surface area contributed by atoms with Crippen LogP contribution in [0, 0.1) is 53.3 Å². The average Bonchev–Trinajstić information content (AvgIpc) is 3.03. The maximum Gasteiger partial charge on any atom is 0.191 e. The standard InChI is InChI=1S/C19H29N3O.HI/c1-9-3-2-4-22(7-9)18(20)21-8-19(23)16-11-6-12-14-10(11)5-13(16)15(14)17(12)19;/h9-17,23H,2-8H2,1H3,(H2,20,21);1H. The first kappa shape index (κ1) is 16.2. The minimum absolute atomic E-state index is 0. The molecule has 6 rings (SSSR count). The van der Waals surface area contributed by atoms with E-state index in [1.165, 1.54) is 25.7 Å². The van der Waals surface area contributed by atoms with Gasteiger partial charge in [0.05, 0.1) is 12.1 Å². The van der Waals surface area contributed by atoms with Gasteiger partial charge in [-0.25, -0.2) is 0 Å². The molecule has 3 N–H and O–H groups in total. The van der Waals surface area contributed by atoms with E-state index in [9.17, 15) is 5.11 Å². The molecule has 0 aromatic rings. The van der Waals surface area contributed by atoms with Crippen LogP contribution in [-0.4, -0.2) is 41.2 Å². The Morgan fingerprint density at radius 3 is 2.71 bits per heavy atom. The highest BCUT2D eigenvalue weighted by Gasteiger charge is 2.84. The van der Waals surface area contributed by atoms with Crippen molar-refractivity contribution in [1.29, 1.82) is 0 Å². The predicted octanol–water partition coefficient (Wildman–Crippen LogP) is 2.16. The quantitative estimate of drug-likeness (QED) is 0.391. The third-order valence-electron chi connectivity index (χ3n) is 8.99. The maximum atomic E-state index is 11.6. The molecule has 5 saturated carbocycles. The summed E-state index contributed by atoms with van der Waals surface area (Å²) in [7, 11) is 0. The second-order valence-corrected chi connectivity index (χ2v) is 9.69. The van der Waals surface area contributed by atoms with Crippen molar-refractivity contribution in [2.24, 2.45) is 64.0 Å². The molecule has 10 unspecified atom stereocenters. The van der Waals surface area contributed by atoms with E-state index < -0.39 is 5.60 Å². The Morgan fingerprint density at radius 2 is 1.92 bits per heavy atom. The largest absolute Gasteiger partial charge is 0.387 e. The summed E-state index contributed by atoms with van der Waals surface area (Å²) < 4.78 is 0. The fourth-order valence-electron chi connectivity index (χ4n) is 8.64. The number of nitrogens with two attached hydrogens (primary N) is 1. The molecule has 4 nitrogen and oxygen atoms in total. The van der Waals surface area contributed by atoms with Crippen molar-refractivity contribution in [3.05, 3.63) is 0 Å². The van der Waals surface area contributed by atoms with Gasteiger partial charge in [0.25, 0.3) is 0 Å². The highest BCUT2D eigenvalue weighted by molar-refractivity contribution is 14.0. The molecule has 6 fully saturated rings. The number of hydrogen-bond donors (Lipinski definition) is 2. The van der Waals surface area contributed by atoms with Crippen LogP contribution in [0.1, 0.15) is 32.6 Å². The van der Waals surface area contributed by atoms with Gasteiger partial charge in [0.1, 0.15) is 0 Å². The normalized spacial score (nSPS) is 59.0. The van der Waals surface area contributed by atoms with Crippen LogP contribution in [0.5, 0.6) is 0 Å². The first-order valence-electron chi connectivity index (χ1n) is 9.87. The van der Waals surface area contributed by atoms with E-state index in [1.807, 2.05) is 0 Å². The van der Waals surface area contributed by atoms with E-state index in [2.05, 4.69) is 11.8 Å². The SMILES string of the molecule is CC1CCCN(C(N)=NCC2(O)C3C4CC5C6C4CC3C6C52)C1.I. The zero-order valence-corrected chi connectivity index (χ0v) is 16.8. The van der Waals surface area contributed by atoms with Crippen LogP contribution >= 0.6 is 24.0 Å². The highest BCUT2D eigenvalue weighted by atomic mass is 127. The Labute approximate surface area is 161 Å². The van der Waals surface area contributed by atoms with Crippen LogP contribution in [0.3, 0.4) is 0 Å². The second-order valence-electron chi connectivity index (χ2n) is 9.69. The van der Waals surface area contributed by atoms with E-state index in [1.54, 1.807) is 0 Å². The van der Waals surface area contributed by atoms with Crippen molar-refractivity contribution in [2.45, 2.75) is 38.2 Å². The molecular formula is C19H30IN3O. The van der Waals surface area contributed by atoms with E-state index in [0.717, 1.165) is 48.6 Å². The molecule has 10 atom stereocenters. The molecule has 24 heavy (non-hydrogen) atoms. The first-order valence-corrected chi connectivity index (χ1v) is 9.87. The van der Waals surface area contributed by atoms with Crippen LogP contribution in [-0.2, 0) is 0 Å². The number of nitrogens with zero attached hydrogens (tertiary/aromatic N) is 2. The lowest BCUT2D eigenvalue weighted by Crippen LogP contribution is -2.56. The van der Waals surface area contributed by atoms with Gasteiger partial charge < -0.3 is 15.7 Å². The number of aliphatic imine (C=N–C) groups is 1. The minimum atomic E-state index is -0.517. The predicted molar refractivity (Wildman–Crippen MR) is 104 cm³/mol. The van der Waals surface area contributed by atoms with Gasteiger partial charge in [-0.2, -0.15) is 0 Å². The summed E-state index contributed by atoms with van der Waals surface area (Å²) in [5, 5.41) is 11.6. The van der Waals surface area contributed by atoms with E-state index in [4.69, 9.17) is 10.7 Å². The van der Waals surface area contributed by atoms with Crippen LogP contribution in [0.2, 0.25) is 0 Å². The zero-order chi connectivity index (χ0) is 15.5. The summed E-state index contributed by atoms with van der Waals surface area (Å²) >= 11 is 0. The van der Waals surface area contributed by atoms with E-state index >= 15 is 0 Å². The van der Waals surface area contributed by atoms with Crippen LogP contribution in [0.4, 0.5) is 0 Å². The molecule has 1 aliphatic heterocycles. The highest BCUT2D eigenvalue weighted by Crippen LogP contribution is 2.85. The van der Waals surface area contributed by atoms with E-state index in [-0.39, 0.29) is 24.0 Å². The van der Waals surface area contributed by atoms with Crippen LogP contribution in [0.15, 0.2) is 4.99 Å². The lowest BCUT2D eigenvalue weighted by molar-refractivity contribution is -0.123.